The molecule has 1 saturated heterocycles. The second-order valence-electron chi connectivity index (χ2n) is 6.16. The molecular formula is C20H23ClN2O3. The van der Waals surface area contributed by atoms with Gasteiger partial charge in [0.2, 0.25) is 0 Å². The van der Waals surface area contributed by atoms with Gasteiger partial charge in [0.25, 0.3) is 5.91 Å². The molecule has 3 rings (SSSR count). The maximum atomic E-state index is 12.4. The fourth-order valence-corrected chi connectivity index (χ4v) is 3.09. The van der Waals surface area contributed by atoms with E-state index in [2.05, 4.69) is 10.2 Å². The predicted octanol–water partition coefficient (Wildman–Crippen LogP) is 2.91. The van der Waals surface area contributed by atoms with Crippen LogP contribution in [0, 0.1) is 0 Å². The van der Waals surface area contributed by atoms with Gasteiger partial charge in [-0.25, -0.2) is 0 Å². The number of hydrogen-bond donors (Lipinski definition) is 1. The highest BCUT2D eigenvalue weighted by molar-refractivity contribution is 6.32. The van der Waals surface area contributed by atoms with Gasteiger partial charge in [-0.05, 0) is 17.7 Å². The molecule has 1 heterocycles. The van der Waals surface area contributed by atoms with Gasteiger partial charge in [0.15, 0.2) is 6.61 Å². The van der Waals surface area contributed by atoms with Gasteiger partial charge in [0.1, 0.15) is 5.75 Å². The minimum absolute atomic E-state index is 0.0732. The number of para-hydroxylation sites is 1. The second kappa shape index (κ2) is 9.57. The summed E-state index contributed by atoms with van der Waals surface area (Å²) in [5.41, 5.74) is 1.07. The Hall–Kier alpha value is -2.08. The number of halogens is 1. The Balaban J connectivity index is 1.61. The van der Waals surface area contributed by atoms with E-state index in [0.717, 1.165) is 38.4 Å². The molecule has 1 aliphatic heterocycles. The van der Waals surface area contributed by atoms with Crippen molar-refractivity contribution in [1.82, 2.24) is 10.2 Å². The summed E-state index contributed by atoms with van der Waals surface area (Å²) >= 11 is 6.06. The lowest BCUT2D eigenvalue weighted by atomic mass is 10.1. The van der Waals surface area contributed by atoms with Crippen molar-refractivity contribution in [2.24, 2.45) is 0 Å². The highest BCUT2D eigenvalue weighted by atomic mass is 35.5. The van der Waals surface area contributed by atoms with E-state index in [4.69, 9.17) is 21.1 Å². The van der Waals surface area contributed by atoms with E-state index in [1.165, 1.54) is 0 Å². The van der Waals surface area contributed by atoms with E-state index in [0.29, 0.717) is 10.8 Å². The van der Waals surface area contributed by atoms with Crippen molar-refractivity contribution in [3.63, 3.8) is 0 Å². The summed E-state index contributed by atoms with van der Waals surface area (Å²) in [6, 6.07) is 17.0. The van der Waals surface area contributed by atoms with E-state index < -0.39 is 0 Å². The number of rotatable bonds is 7. The fourth-order valence-electron chi connectivity index (χ4n) is 2.90. The SMILES string of the molecule is O=C(COc1ccccc1Cl)NC(CN1CCOCC1)c1ccccc1. The van der Waals surface area contributed by atoms with E-state index in [1.54, 1.807) is 12.1 Å². The van der Waals surface area contributed by atoms with Crippen LogP contribution >= 0.6 is 11.6 Å². The molecule has 2 aromatic carbocycles. The normalized spacial score (nSPS) is 16.0. The Morgan fingerprint density at radius 1 is 1.12 bits per heavy atom. The van der Waals surface area contributed by atoms with Crippen molar-refractivity contribution in [2.75, 3.05) is 39.5 Å². The van der Waals surface area contributed by atoms with Crippen LogP contribution in [0.4, 0.5) is 0 Å². The van der Waals surface area contributed by atoms with Gasteiger partial charge in [-0.15, -0.1) is 0 Å². The van der Waals surface area contributed by atoms with Gasteiger partial charge in [-0.3, -0.25) is 9.69 Å². The first-order valence-electron chi connectivity index (χ1n) is 8.74. The quantitative estimate of drug-likeness (QED) is 0.809. The molecule has 1 aliphatic rings. The second-order valence-corrected chi connectivity index (χ2v) is 6.57. The Labute approximate surface area is 158 Å². The van der Waals surface area contributed by atoms with Crippen LogP contribution < -0.4 is 10.1 Å². The molecule has 2 aromatic rings. The Kier molecular flexibility index (Phi) is 6.89. The van der Waals surface area contributed by atoms with Gasteiger partial charge >= 0.3 is 0 Å². The van der Waals surface area contributed by atoms with Crippen molar-refractivity contribution in [2.45, 2.75) is 6.04 Å². The van der Waals surface area contributed by atoms with Crippen LogP contribution in [0.15, 0.2) is 54.6 Å². The van der Waals surface area contributed by atoms with E-state index in [9.17, 15) is 4.79 Å². The molecule has 26 heavy (non-hydrogen) atoms. The van der Waals surface area contributed by atoms with E-state index >= 15 is 0 Å². The monoisotopic (exact) mass is 374 g/mol. The van der Waals surface area contributed by atoms with E-state index in [1.807, 2.05) is 42.5 Å². The molecule has 1 atom stereocenters. The lowest BCUT2D eigenvalue weighted by Gasteiger charge is -2.31. The lowest BCUT2D eigenvalue weighted by molar-refractivity contribution is -0.124. The summed E-state index contributed by atoms with van der Waals surface area (Å²) in [5.74, 6) is 0.334. The summed E-state index contributed by atoms with van der Waals surface area (Å²) in [6.07, 6.45) is 0. The summed E-state index contributed by atoms with van der Waals surface area (Å²) in [5, 5.41) is 3.57. The van der Waals surface area contributed by atoms with Crippen LogP contribution in [0.5, 0.6) is 5.75 Å². The molecule has 0 spiro atoms. The summed E-state index contributed by atoms with van der Waals surface area (Å²) in [7, 11) is 0. The molecule has 0 aliphatic carbocycles. The zero-order valence-corrected chi connectivity index (χ0v) is 15.3. The molecule has 5 nitrogen and oxygen atoms in total. The molecule has 1 N–H and O–H groups in total. The standard InChI is InChI=1S/C20H23ClN2O3/c21-17-8-4-5-9-19(17)26-15-20(24)22-18(16-6-2-1-3-7-16)14-23-10-12-25-13-11-23/h1-9,18H,10-15H2,(H,22,24). The van der Waals surface area contributed by atoms with Gasteiger partial charge < -0.3 is 14.8 Å². The van der Waals surface area contributed by atoms with Crippen LogP contribution in [0.3, 0.4) is 0 Å². The number of hydrogen-bond acceptors (Lipinski definition) is 4. The Morgan fingerprint density at radius 2 is 1.81 bits per heavy atom. The number of nitrogens with zero attached hydrogens (tertiary/aromatic N) is 1. The summed E-state index contributed by atoms with van der Waals surface area (Å²) in [6.45, 7) is 3.86. The Morgan fingerprint density at radius 3 is 2.54 bits per heavy atom. The first-order valence-corrected chi connectivity index (χ1v) is 9.12. The van der Waals surface area contributed by atoms with Crippen LogP contribution in [0.2, 0.25) is 5.02 Å². The minimum Gasteiger partial charge on any atom is -0.482 e. The van der Waals surface area contributed by atoms with Crippen molar-refractivity contribution in [1.29, 1.82) is 0 Å². The average Bonchev–Trinajstić information content (AvgIpc) is 2.68. The third kappa shape index (κ3) is 5.46. The zero-order chi connectivity index (χ0) is 18.2. The molecule has 138 valence electrons. The minimum atomic E-state index is -0.174. The number of benzene rings is 2. The fraction of sp³-hybridized carbons (Fsp3) is 0.350. The molecule has 0 radical (unpaired) electrons. The zero-order valence-electron chi connectivity index (χ0n) is 14.6. The number of morpholine rings is 1. The van der Waals surface area contributed by atoms with Crippen LogP contribution in [0.1, 0.15) is 11.6 Å². The largest absolute Gasteiger partial charge is 0.482 e. The summed E-state index contributed by atoms with van der Waals surface area (Å²) < 4.78 is 11.0. The number of amides is 1. The number of carbonyl (C=O) groups is 1. The lowest BCUT2D eigenvalue weighted by Crippen LogP contribution is -2.44. The first-order chi connectivity index (χ1) is 12.7. The predicted molar refractivity (Wildman–Crippen MR) is 102 cm³/mol. The molecule has 0 aromatic heterocycles. The molecular weight excluding hydrogens is 352 g/mol. The number of ether oxygens (including phenoxy) is 2. The molecule has 6 heteroatoms. The van der Waals surface area contributed by atoms with Gasteiger partial charge in [-0.1, -0.05) is 54.1 Å². The topological polar surface area (TPSA) is 50.8 Å². The third-order valence-corrected chi connectivity index (χ3v) is 4.59. The third-order valence-electron chi connectivity index (χ3n) is 4.28. The van der Waals surface area contributed by atoms with Gasteiger partial charge in [0.05, 0.1) is 24.3 Å². The molecule has 0 saturated carbocycles. The number of carbonyl (C=O) groups excluding carboxylic acids is 1. The van der Waals surface area contributed by atoms with Crippen LogP contribution in [0.25, 0.3) is 0 Å². The Bertz CT molecular complexity index is 705. The highest BCUT2D eigenvalue weighted by Gasteiger charge is 2.20. The van der Waals surface area contributed by atoms with Gasteiger partial charge in [0, 0.05) is 19.6 Å². The maximum Gasteiger partial charge on any atom is 0.258 e. The average molecular weight is 375 g/mol. The van der Waals surface area contributed by atoms with E-state index in [-0.39, 0.29) is 18.6 Å². The van der Waals surface area contributed by atoms with Crippen molar-refractivity contribution < 1.29 is 14.3 Å². The van der Waals surface area contributed by atoms with Crippen LogP contribution in [-0.4, -0.2) is 50.3 Å². The molecule has 0 bridgehead atoms. The first kappa shape index (κ1) is 18.7. The maximum absolute atomic E-state index is 12.4. The molecule has 1 fully saturated rings. The molecule has 1 unspecified atom stereocenters. The van der Waals surface area contributed by atoms with Crippen LogP contribution in [-0.2, 0) is 9.53 Å². The van der Waals surface area contributed by atoms with Crippen molar-refractivity contribution in [3.8, 4) is 5.75 Å². The highest BCUT2D eigenvalue weighted by Crippen LogP contribution is 2.23. The smallest absolute Gasteiger partial charge is 0.258 e. The van der Waals surface area contributed by atoms with Crippen molar-refractivity contribution >= 4 is 17.5 Å². The molecule has 1 amide bonds. The number of nitrogens with one attached hydrogen (secondary N) is 1. The van der Waals surface area contributed by atoms with Gasteiger partial charge in [-0.2, -0.15) is 0 Å². The van der Waals surface area contributed by atoms with Crippen molar-refractivity contribution in [3.05, 3.63) is 65.2 Å². The summed E-state index contributed by atoms with van der Waals surface area (Å²) in [4.78, 5) is 14.7.